The van der Waals surface area contributed by atoms with E-state index in [1.807, 2.05) is 43.3 Å². The minimum absolute atomic E-state index is 0.296. The van der Waals surface area contributed by atoms with Gasteiger partial charge in [0.25, 0.3) is 0 Å². The van der Waals surface area contributed by atoms with E-state index in [9.17, 15) is 4.79 Å². The fourth-order valence-electron chi connectivity index (χ4n) is 4.07. The molecule has 1 aromatic heterocycles. The molecule has 3 aromatic rings. The van der Waals surface area contributed by atoms with Crippen molar-refractivity contribution in [3.8, 4) is 0 Å². The van der Waals surface area contributed by atoms with E-state index in [0.717, 1.165) is 42.4 Å². The monoisotopic (exact) mass is 472 g/mol. The number of anilines is 2. The molecule has 1 aliphatic rings. The van der Waals surface area contributed by atoms with Gasteiger partial charge in [-0.2, -0.15) is 4.98 Å². The Balaban J connectivity index is 1.32. The first-order chi connectivity index (χ1) is 15.4. The third-order valence-corrected chi connectivity index (χ3v) is 6.17. The molecule has 4 rings (SSSR count). The van der Waals surface area contributed by atoms with E-state index in [1.54, 1.807) is 18.2 Å². The highest BCUT2D eigenvalue weighted by molar-refractivity contribution is 6.35. The number of nitrogens with zero attached hydrogens (tertiary/aromatic N) is 3. The van der Waals surface area contributed by atoms with Crippen LogP contribution in [-0.2, 0) is 4.74 Å². The first-order valence-electron chi connectivity index (χ1n) is 10.7. The smallest absolute Gasteiger partial charge is 0.338 e. The number of rotatable bonds is 6. The van der Waals surface area contributed by atoms with Gasteiger partial charge in [0.2, 0.25) is 5.95 Å². The molecule has 1 heterocycles. The van der Waals surface area contributed by atoms with E-state index in [0.29, 0.717) is 40.1 Å². The van der Waals surface area contributed by atoms with Crippen LogP contribution >= 0.6 is 23.2 Å². The van der Waals surface area contributed by atoms with Crippen molar-refractivity contribution >= 4 is 51.8 Å². The largest absolute Gasteiger partial charge is 0.462 e. The number of aromatic nitrogens is 2. The Morgan fingerprint density at radius 3 is 2.44 bits per heavy atom. The molecule has 32 heavy (non-hydrogen) atoms. The Labute approximate surface area is 197 Å². The van der Waals surface area contributed by atoms with Crippen LogP contribution in [0, 0.1) is 5.92 Å². The quantitative estimate of drug-likeness (QED) is 0.455. The number of fused-ring (bicyclic) bond motifs is 1. The minimum atomic E-state index is -0.393. The molecular weight excluding hydrogens is 447 g/mol. The number of carbonyl (C=O) groups is 1. The van der Waals surface area contributed by atoms with Gasteiger partial charge in [-0.05, 0) is 61.9 Å². The molecule has 6 nitrogen and oxygen atoms in total. The van der Waals surface area contributed by atoms with Crippen molar-refractivity contribution in [3.05, 3.63) is 58.1 Å². The Morgan fingerprint density at radius 2 is 1.75 bits per heavy atom. The number of halogens is 2. The molecule has 2 aromatic carbocycles. The Hall–Kier alpha value is -2.57. The molecule has 0 atom stereocenters. The second kappa shape index (κ2) is 9.92. The average molecular weight is 473 g/mol. The molecule has 1 saturated carbocycles. The third kappa shape index (κ3) is 5.43. The second-order valence-electron chi connectivity index (χ2n) is 8.40. The number of nitrogens with one attached hydrogen (secondary N) is 1. The lowest BCUT2D eigenvalue weighted by Gasteiger charge is -2.29. The SMILES string of the molecule is CN(C)c1nc(NC2CCC(COC(=O)c3cc(Cl)cc(Cl)c3)CC2)nc2ccccc12. The normalized spacial score (nSPS) is 18.4. The highest BCUT2D eigenvalue weighted by Gasteiger charge is 2.24. The van der Waals surface area contributed by atoms with Gasteiger partial charge in [0.15, 0.2) is 0 Å². The second-order valence-corrected chi connectivity index (χ2v) is 9.27. The summed E-state index contributed by atoms with van der Waals surface area (Å²) in [4.78, 5) is 23.8. The van der Waals surface area contributed by atoms with Gasteiger partial charge in [-0.1, -0.05) is 35.3 Å². The fraction of sp³-hybridized carbons (Fsp3) is 0.375. The van der Waals surface area contributed by atoms with Crippen molar-refractivity contribution in [1.29, 1.82) is 0 Å². The number of esters is 1. The summed E-state index contributed by atoms with van der Waals surface area (Å²) in [5.41, 5.74) is 1.30. The van der Waals surface area contributed by atoms with Gasteiger partial charge in [-0.3, -0.25) is 0 Å². The van der Waals surface area contributed by atoms with Crippen molar-refractivity contribution in [2.45, 2.75) is 31.7 Å². The number of hydrogen-bond acceptors (Lipinski definition) is 6. The van der Waals surface area contributed by atoms with Crippen molar-refractivity contribution in [2.75, 3.05) is 30.9 Å². The van der Waals surface area contributed by atoms with Gasteiger partial charge in [-0.15, -0.1) is 0 Å². The number of ether oxygens (including phenoxy) is 1. The molecule has 0 unspecified atom stereocenters. The van der Waals surface area contributed by atoms with Crippen LogP contribution in [-0.4, -0.2) is 42.7 Å². The summed E-state index contributed by atoms with van der Waals surface area (Å²) in [7, 11) is 3.98. The Morgan fingerprint density at radius 1 is 1.06 bits per heavy atom. The van der Waals surface area contributed by atoms with Crippen LogP contribution in [0.4, 0.5) is 11.8 Å². The van der Waals surface area contributed by atoms with Crippen LogP contribution < -0.4 is 10.2 Å². The van der Waals surface area contributed by atoms with Gasteiger partial charge in [0, 0.05) is 35.6 Å². The summed E-state index contributed by atoms with van der Waals surface area (Å²) in [5.74, 6) is 1.50. The van der Waals surface area contributed by atoms with Crippen LogP contribution in [0.3, 0.4) is 0 Å². The third-order valence-electron chi connectivity index (χ3n) is 5.74. The summed E-state index contributed by atoms with van der Waals surface area (Å²) >= 11 is 11.9. The van der Waals surface area contributed by atoms with E-state index >= 15 is 0 Å². The topological polar surface area (TPSA) is 67.3 Å². The summed E-state index contributed by atoms with van der Waals surface area (Å²) in [6.45, 7) is 0.396. The number of para-hydroxylation sites is 1. The lowest BCUT2D eigenvalue weighted by atomic mass is 9.86. The van der Waals surface area contributed by atoms with E-state index in [2.05, 4.69) is 5.32 Å². The fourth-order valence-corrected chi connectivity index (χ4v) is 4.60. The predicted octanol–water partition coefficient (Wildman–Crippen LogP) is 5.83. The van der Waals surface area contributed by atoms with E-state index in [-0.39, 0.29) is 0 Å². The van der Waals surface area contributed by atoms with Crippen molar-refractivity contribution < 1.29 is 9.53 Å². The zero-order valence-electron chi connectivity index (χ0n) is 18.1. The zero-order chi connectivity index (χ0) is 22.7. The number of hydrogen-bond donors (Lipinski definition) is 1. The number of benzene rings is 2. The summed E-state index contributed by atoms with van der Waals surface area (Å²) in [6.07, 6.45) is 3.88. The highest BCUT2D eigenvalue weighted by Crippen LogP contribution is 2.29. The van der Waals surface area contributed by atoms with Crippen molar-refractivity contribution in [2.24, 2.45) is 5.92 Å². The van der Waals surface area contributed by atoms with Crippen LogP contribution in [0.15, 0.2) is 42.5 Å². The average Bonchev–Trinajstić information content (AvgIpc) is 2.77. The molecule has 0 saturated heterocycles. The maximum absolute atomic E-state index is 12.3. The minimum Gasteiger partial charge on any atom is -0.462 e. The molecule has 168 valence electrons. The molecule has 1 fully saturated rings. The van der Waals surface area contributed by atoms with E-state index in [4.69, 9.17) is 37.9 Å². The lowest BCUT2D eigenvalue weighted by molar-refractivity contribution is 0.0407. The summed E-state index contributed by atoms with van der Waals surface area (Å²) in [6, 6.07) is 13.1. The molecule has 1 aliphatic carbocycles. The van der Waals surface area contributed by atoms with Gasteiger partial charge in [0.05, 0.1) is 17.7 Å². The van der Waals surface area contributed by atoms with Crippen molar-refractivity contribution in [1.82, 2.24) is 9.97 Å². The number of carbonyl (C=O) groups excluding carboxylic acids is 1. The maximum Gasteiger partial charge on any atom is 0.338 e. The lowest BCUT2D eigenvalue weighted by Crippen LogP contribution is -2.29. The van der Waals surface area contributed by atoms with Gasteiger partial charge >= 0.3 is 5.97 Å². The van der Waals surface area contributed by atoms with Crippen LogP contribution in [0.5, 0.6) is 0 Å². The Bertz CT molecular complexity index is 1090. The van der Waals surface area contributed by atoms with Gasteiger partial charge < -0.3 is 15.0 Å². The van der Waals surface area contributed by atoms with Crippen LogP contribution in [0.2, 0.25) is 10.0 Å². The predicted molar refractivity (Wildman–Crippen MR) is 130 cm³/mol. The molecule has 0 spiro atoms. The Kier molecular flexibility index (Phi) is 7.01. The highest BCUT2D eigenvalue weighted by atomic mass is 35.5. The summed E-state index contributed by atoms with van der Waals surface area (Å²) < 4.78 is 5.51. The maximum atomic E-state index is 12.3. The van der Waals surface area contributed by atoms with Crippen molar-refractivity contribution in [3.63, 3.8) is 0 Å². The molecule has 1 N–H and O–H groups in total. The standard InChI is InChI=1S/C24H26Cl2N4O2/c1-30(2)22-20-5-3-4-6-21(20)28-24(29-22)27-19-9-7-15(8-10-19)14-32-23(31)16-11-17(25)13-18(26)12-16/h3-6,11-13,15,19H,7-10,14H2,1-2H3,(H,27,28,29). The van der Waals surface area contributed by atoms with Crippen LogP contribution in [0.1, 0.15) is 36.0 Å². The van der Waals surface area contributed by atoms with Gasteiger partial charge in [0.1, 0.15) is 5.82 Å². The summed E-state index contributed by atoms with van der Waals surface area (Å²) in [5, 5.41) is 5.38. The molecule has 0 bridgehead atoms. The van der Waals surface area contributed by atoms with Gasteiger partial charge in [-0.25, -0.2) is 9.78 Å². The molecule has 8 heteroatoms. The van der Waals surface area contributed by atoms with Crippen LogP contribution in [0.25, 0.3) is 10.9 Å². The van der Waals surface area contributed by atoms with E-state index < -0.39 is 5.97 Å². The molecule has 0 amide bonds. The molecule has 0 aliphatic heterocycles. The zero-order valence-corrected chi connectivity index (χ0v) is 19.7. The molecule has 0 radical (unpaired) electrons. The molecular formula is C24H26Cl2N4O2. The first-order valence-corrected chi connectivity index (χ1v) is 11.5. The van der Waals surface area contributed by atoms with E-state index in [1.165, 1.54) is 0 Å². The first kappa shape index (κ1) is 22.6.